The Balaban J connectivity index is 2.04. The molecule has 0 saturated heterocycles. The van der Waals surface area contributed by atoms with E-state index in [-0.39, 0.29) is 16.9 Å². The fraction of sp³-hybridized carbons (Fsp3) is 0.188. The topological polar surface area (TPSA) is 111 Å². The zero-order valence-electron chi connectivity index (χ0n) is 13.5. The fourth-order valence-electron chi connectivity index (χ4n) is 1.93. The van der Waals surface area contributed by atoms with E-state index >= 15 is 0 Å². The number of hydrogen-bond acceptors (Lipinski definition) is 7. The summed E-state index contributed by atoms with van der Waals surface area (Å²) in [6.07, 6.45) is 2.25. The van der Waals surface area contributed by atoms with Crippen LogP contribution in [0.2, 0.25) is 0 Å². The molecule has 0 unspecified atom stereocenters. The van der Waals surface area contributed by atoms with Crippen LogP contribution in [0, 0.1) is 10.1 Å². The summed E-state index contributed by atoms with van der Waals surface area (Å²) in [5.41, 5.74) is 0.362. The summed E-state index contributed by atoms with van der Waals surface area (Å²) < 4.78 is 5.15. The van der Waals surface area contributed by atoms with Crippen molar-refractivity contribution in [2.24, 2.45) is 0 Å². The summed E-state index contributed by atoms with van der Waals surface area (Å²) >= 11 is 1.29. The summed E-state index contributed by atoms with van der Waals surface area (Å²) in [6.45, 7) is 1.42. The lowest BCUT2D eigenvalue weighted by atomic mass is 10.2. The molecule has 25 heavy (non-hydrogen) atoms. The van der Waals surface area contributed by atoms with E-state index < -0.39 is 22.9 Å². The van der Waals surface area contributed by atoms with E-state index in [4.69, 9.17) is 4.74 Å². The normalized spacial score (nSPS) is 11.4. The third-order valence-electron chi connectivity index (χ3n) is 3.16. The molecule has 0 radical (unpaired) electrons. The van der Waals surface area contributed by atoms with Gasteiger partial charge in [-0.1, -0.05) is 6.07 Å². The lowest BCUT2D eigenvalue weighted by molar-refractivity contribution is -0.384. The van der Waals surface area contributed by atoms with Gasteiger partial charge in [0.2, 0.25) is 0 Å². The number of nitrogens with one attached hydrogen (secondary N) is 1. The van der Waals surface area contributed by atoms with Crippen LogP contribution < -0.4 is 5.32 Å². The lowest BCUT2D eigenvalue weighted by Gasteiger charge is -2.14. The maximum Gasteiger partial charge on any atom is 0.341 e. The number of nitro benzene ring substituents is 1. The predicted molar refractivity (Wildman–Crippen MR) is 92.6 cm³/mol. The molecule has 130 valence electrons. The van der Waals surface area contributed by atoms with Crippen LogP contribution in [0.5, 0.6) is 0 Å². The Kier molecular flexibility index (Phi) is 6.07. The number of carbonyl (C=O) groups is 2. The first-order valence-electron chi connectivity index (χ1n) is 7.17. The van der Waals surface area contributed by atoms with Gasteiger partial charge in [0.15, 0.2) is 6.10 Å². The van der Waals surface area contributed by atoms with Crippen molar-refractivity contribution in [3.63, 3.8) is 0 Å². The minimum atomic E-state index is -1.08. The van der Waals surface area contributed by atoms with Crippen LogP contribution in [-0.2, 0) is 9.53 Å². The predicted octanol–water partition coefficient (Wildman–Crippen LogP) is 2.90. The molecular formula is C16H15N3O5S. The minimum Gasteiger partial charge on any atom is -0.449 e. The highest BCUT2D eigenvalue weighted by atomic mass is 32.2. The summed E-state index contributed by atoms with van der Waals surface area (Å²) in [6, 6.07) is 8.65. The van der Waals surface area contributed by atoms with Gasteiger partial charge >= 0.3 is 5.97 Å². The zero-order valence-corrected chi connectivity index (χ0v) is 14.3. The second-order valence-electron chi connectivity index (χ2n) is 4.90. The quantitative estimate of drug-likeness (QED) is 0.364. The zero-order chi connectivity index (χ0) is 18.4. The number of anilines is 1. The number of amides is 1. The number of thioether (sulfide) groups is 1. The van der Waals surface area contributed by atoms with Crippen LogP contribution in [-0.4, -0.2) is 34.1 Å². The van der Waals surface area contributed by atoms with Gasteiger partial charge < -0.3 is 10.1 Å². The van der Waals surface area contributed by atoms with Crippen molar-refractivity contribution in [2.45, 2.75) is 18.1 Å². The van der Waals surface area contributed by atoms with Gasteiger partial charge in [-0.2, -0.15) is 0 Å². The molecule has 1 amide bonds. The number of carbonyl (C=O) groups excluding carboxylic acids is 2. The largest absolute Gasteiger partial charge is 0.449 e. The van der Waals surface area contributed by atoms with Crippen LogP contribution in [0.3, 0.4) is 0 Å². The molecule has 0 fully saturated rings. The van der Waals surface area contributed by atoms with Gasteiger partial charge in [-0.15, -0.1) is 11.8 Å². The Morgan fingerprint density at radius 3 is 2.76 bits per heavy atom. The van der Waals surface area contributed by atoms with Gasteiger partial charge in [0, 0.05) is 24.0 Å². The maximum absolute atomic E-state index is 12.2. The molecule has 0 aliphatic heterocycles. The molecule has 1 aromatic carbocycles. The summed E-state index contributed by atoms with van der Waals surface area (Å²) in [4.78, 5) is 38.6. The average molecular weight is 361 g/mol. The van der Waals surface area contributed by atoms with E-state index in [0.717, 1.165) is 0 Å². The summed E-state index contributed by atoms with van der Waals surface area (Å²) in [7, 11) is 0. The highest BCUT2D eigenvalue weighted by Crippen LogP contribution is 2.19. The van der Waals surface area contributed by atoms with Crippen LogP contribution in [0.15, 0.2) is 47.6 Å². The number of esters is 1. The Bertz CT molecular complexity index is 812. The van der Waals surface area contributed by atoms with Gasteiger partial charge in [-0.3, -0.25) is 14.9 Å². The van der Waals surface area contributed by atoms with Crippen LogP contribution in [0.1, 0.15) is 17.3 Å². The smallest absolute Gasteiger partial charge is 0.341 e. The molecule has 1 aromatic heterocycles. The molecular weight excluding hydrogens is 346 g/mol. The second-order valence-corrected chi connectivity index (χ2v) is 5.70. The number of hydrogen-bond donors (Lipinski definition) is 1. The average Bonchev–Trinajstić information content (AvgIpc) is 2.61. The molecule has 1 heterocycles. The first-order valence-corrected chi connectivity index (χ1v) is 8.40. The maximum atomic E-state index is 12.2. The van der Waals surface area contributed by atoms with Crippen LogP contribution in [0.4, 0.5) is 11.4 Å². The number of non-ortho nitro benzene ring substituents is 1. The monoisotopic (exact) mass is 361 g/mol. The highest BCUT2D eigenvalue weighted by molar-refractivity contribution is 7.98. The highest BCUT2D eigenvalue weighted by Gasteiger charge is 2.21. The number of pyridine rings is 1. The van der Waals surface area contributed by atoms with Crippen LogP contribution >= 0.6 is 11.8 Å². The number of rotatable bonds is 6. The molecule has 0 spiro atoms. The Morgan fingerprint density at radius 2 is 2.08 bits per heavy atom. The molecule has 8 nitrogen and oxygen atoms in total. The van der Waals surface area contributed by atoms with Crippen molar-refractivity contribution in [1.82, 2.24) is 4.98 Å². The van der Waals surface area contributed by atoms with E-state index in [1.54, 1.807) is 24.6 Å². The lowest BCUT2D eigenvalue weighted by Crippen LogP contribution is -2.30. The number of nitrogens with zero attached hydrogens (tertiary/aromatic N) is 2. The number of ether oxygens (including phenoxy) is 1. The standard InChI is InChI=1S/C16H15N3O5S/c1-10(24-16(21)13-7-4-8-17-15(13)25-2)14(20)18-11-5-3-6-12(9-11)19(22)23/h3-10H,1-2H3,(H,18,20)/t10-/m0/s1. The first kappa shape index (κ1) is 18.4. The van der Waals surface area contributed by atoms with E-state index in [1.807, 2.05) is 0 Å². The minimum absolute atomic E-state index is 0.151. The summed E-state index contributed by atoms with van der Waals surface area (Å²) in [5, 5.41) is 13.7. The van der Waals surface area contributed by atoms with Crippen LogP contribution in [0.25, 0.3) is 0 Å². The van der Waals surface area contributed by atoms with Gasteiger partial charge in [-0.25, -0.2) is 9.78 Å². The molecule has 1 atom stereocenters. The van der Waals surface area contributed by atoms with Crippen molar-refractivity contribution >= 4 is 35.0 Å². The molecule has 0 aliphatic rings. The third-order valence-corrected chi connectivity index (χ3v) is 3.87. The Morgan fingerprint density at radius 1 is 1.32 bits per heavy atom. The fourth-order valence-corrected chi connectivity index (χ4v) is 2.47. The molecule has 0 saturated carbocycles. The molecule has 2 aromatic rings. The molecule has 1 N–H and O–H groups in total. The van der Waals surface area contributed by atoms with Gasteiger partial charge in [-0.05, 0) is 31.4 Å². The van der Waals surface area contributed by atoms with Gasteiger partial charge in [0.25, 0.3) is 11.6 Å². The van der Waals surface area contributed by atoms with Crippen molar-refractivity contribution in [3.8, 4) is 0 Å². The van der Waals surface area contributed by atoms with Gasteiger partial charge in [0.05, 0.1) is 10.5 Å². The number of benzene rings is 1. The molecule has 9 heteroatoms. The van der Waals surface area contributed by atoms with Crippen molar-refractivity contribution in [1.29, 1.82) is 0 Å². The molecule has 0 aliphatic carbocycles. The van der Waals surface area contributed by atoms with E-state index in [9.17, 15) is 19.7 Å². The SMILES string of the molecule is CSc1ncccc1C(=O)O[C@@H](C)C(=O)Nc1cccc([N+](=O)[O-])c1. The van der Waals surface area contributed by atoms with Crippen molar-refractivity contribution < 1.29 is 19.2 Å². The van der Waals surface area contributed by atoms with Crippen molar-refractivity contribution in [3.05, 3.63) is 58.3 Å². The van der Waals surface area contributed by atoms with Gasteiger partial charge in [0.1, 0.15) is 5.03 Å². The Labute approximate surface area is 147 Å². The first-order chi connectivity index (χ1) is 11.9. The van der Waals surface area contributed by atoms with E-state index in [1.165, 1.54) is 43.0 Å². The summed E-state index contributed by atoms with van der Waals surface area (Å²) in [5.74, 6) is -1.26. The number of nitro groups is 1. The third kappa shape index (κ3) is 4.77. The van der Waals surface area contributed by atoms with Crippen molar-refractivity contribution in [2.75, 3.05) is 11.6 Å². The van der Waals surface area contributed by atoms with E-state index in [0.29, 0.717) is 5.03 Å². The molecule has 0 bridgehead atoms. The molecule has 2 rings (SSSR count). The number of aromatic nitrogens is 1. The van der Waals surface area contributed by atoms with E-state index in [2.05, 4.69) is 10.3 Å². The second kappa shape index (κ2) is 8.25. The Hall–Kier alpha value is -2.94.